The van der Waals surface area contributed by atoms with Gasteiger partial charge in [0.1, 0.15) is 11.9 Å². The number of allylic oxidation sites excluding steroid dienone is 1. The van der Waals surface area contributed by atoms with Gasteiger partial charge in [-0.15, -0.1) is 0 Å². The first-order chi connectivity index (χ1) is 19.6. The number of ether oxygens (including phenoxy) is 1. The lowest BCUT2D eigenvalue weighted by Gasteiger charge is -2.33. The highest BCUT2D eigenvalue weighted by molar-refractivity contribution is 5.82. The molecule has 0 aromatic carbocycles. The molecule has 15 heteroatoms. The lowest BCUT2D eigenvalue weighted by molar-refractivity contribution is -0.145. The van der Waals surface area contributed by atoms with Crippen LogP contribution in [0.1, 0.15) is 71.0 Å². The van der Waals surface area contributed by atoms with Gasteiger partial charge in [0.25, 0.3) is 5.56 Å². The first-order valence-corrected chi connectivity index (χ1v) is 13.7. The van der Waals surface area contributed by atoms with Gasteiger partial charge >= 0.3 is 18.3 Å². The van der Waals surface area contributed by atoms with Crippen molar-refractivity contribution in [3.63, 3.8) is 0 Å². The Bertz CT molecular complexity index is 1200. The van der Waals surface area contributed by atoms with Crippen LogP contribution >= 0.6 is 0 Å². The number of hydrogen-bond acceptors (Lipinski definition) is 5. The Morgan fingerprint density at radius 3 is 2.09 bits per heavy atom. The smallest absolute Gasteiger partial charge is 0.416 e. The molecule has 7 nitrogen and oxygen atoms in total. The molecule has 1 amide bonds. The van der Waals surface area contributed by atoms with Gasteiger partial charge in [-0.1, -0.05) is 20.8 Å². The van der Waals surface area contributed by atoms with Gasteiger partial charge in [-0.25, -0.2) is 8.78 Å². The number of hydrogen-bond donors (Lipinski definition) is 1. The van der Waals surface area contributed by atoms with E-state index in [0.717, 1.165) is 17.7 Å². The maximum Gasteiger partial charge on any atom is 0.416 e. The summed E-state index contributed by atoms with van der Waals surface area (Å²) in [5, 5.41) is 2.06. The predicted octanol–water partition coefficient (Wildman–Crippen LogP) is 5.92. The molecule has 43 heavy (non-hydrogen) atoms. The third-order valence-corrected chi connectivity index (χ3v) is 6.67. The number of carbonyl (C=O) groups is 2. The van der Waals surface area contributed by atoms with Crippen molar-refractivity contribution in [2.45, 2.75) is 90.4 Å². The highest BCUT2D eigenvalue weighted by Gasteiger charge is 2.48. The van der Waals surface area contributed by atoms with E-state index in [0.29, 0.717) is 13.0 Å². The van der Waals surface area contributed by atoms with Crippen LogP contribution in [0.2, 0.25) is 0 Å². The van der Waals surface area contributed by atoms with E-state index in [1.807, 2.05) is 0 Å². The lowest BCUT2D eigenvalue weighted by atomic mass is 9.90. The van der Waals surface area contributed by atoms with Gasteiger partial charge in [0.05, 0.1) is 30.2 Å². The van der Waals surface area contributed by atoms with E-state index < -0.39 is 77.3 Å². The number of alkyl halides is 7. The molecule has 2 unspecified atom stereocenters. The number of nitrogens with one attached hydrogen (secondary N) is 1. The summed E-state index contributed by atoms with van der Waals surface area (Å²) in [6.45, 7) is 5.94. The van der Waals surface area contributed by atoms with Crippen LogP contribution in [0.15, 0.2) is 28.5 Å². The molecule has 1 N–H and O–H groups in total. The SMILES string of the molecule is CCOC(=O)C[C@H](NC(=O)C(CC(C)C)n1cc(CCN(C)C)c(C(F)(F)F)cc1=O)C(C)(F)/C(F)=C(\CC)C(F)(F)F. The third-order valence-electron chi connectivity index (χ3n) is 6.67. The molecule has 1 rings (SSSR count). The Hall–Kier alpha value is -2.97. The summed E-state index contributed by atoms with van der Waals surface area (Å²) < 4.78 is 118. The summed E-state index contributed by atoms with van der Waals surface area (Å²) in [4.78, 5) is 40.3. The number of pyridine rings is 1. The molecule has 0 radical (unpaired) electrons. The van der Waals surface area contributed by atoms with Crippen LogP contribution in [-0.2, 0) is 26.9 Å². The van der Waals surface area contributed by atoms with Gasteiger partial charge in [-0.2, -0.15) is 26.3 Å². The molecule has 1 aromatic rings. The van der Waals surface area contributed by atoms with Crippen LogP contribution < -0.4 is 10.9 Å². The summed E-state index contributed by atoms with van der Waals surface area (Å²) in [6, 6.07) is -3.50. The molecular formula is C28H39F8N3O4. The van der Waals surface area contributed by atoms with E-state index in [-0.39, 0.29) is 37.5 Å². The van der Waals surface area contributed by atoms with Crippen molar-refractivity contribution in [3.05, 3.63) is 45.1 Å². The van der Waals surface area contributed by atoms with E-state index in [1.54, 1.807) is 32.8 Å². The van der Waals surface area contributed by atoms with Crippen molar-refractivity contribution in [1.29, 1.82) is 0 Å². The standard InChI is InChI=1S/C28H39F8N3O4/c1-8-18(27(31,32)33)24(29)26(5,30)21(14-23(41)43-9-2)37-25(42)20(12-16(3)4)39-15-17(10-11-38(6)7)19(13-22(39)40)28(34,35)36/h13,15-16,20-21H,8-12,14H2,1-7H3,(H,37,42)/b24-18-/t20?,21-,26?/m0/s1. The van der Waals surface area contributed by atoms with Crippen molar-refractivity contribution in [3.8, 4) is 0 Å². The van der Waals surface area contributed by atoms with Crippen LogP contribution in [0.4, 0.5) is 35.1 Å². The fourth-order valence-corrected chi connectivity index (χ4v) is 4.40. The van der Waals surface area contributed by atoms with Crippen molar-refractivity contribution in [2.24, 2.45) is 5.92 Å². The van der Waals surface area contributed by atoms with Gasteiger partial charge in [0.15, 0.2) is 5.67 Å². The molecule has 1 aromatic heterocycles. The second-order valence-corrected chi connectivity index (χ2v) is 10.9. The second-order valence-electron chi connectivity index (χ2n) is 10.9. The van der Waals surface area contributed by atoms with Gasteiger partial charge in [0.2, 0.25) is 5.91 Å². The quantitative estimate of drug-likeness (QED) is 0.203. The van der Waals surface area contributed by atoms with Crippen LogP contribution in [0.3, 0.4) is 0 Å². The topological polar surface area (TPSA) is 80.6 Å². The highest BCUT2D eigenvalue weighted by atomic mass is 19.4. The predicted molar refractivity (Wildman–Crippen MR) is 144 cm³/mol. The average Bonchev–Trinajstić information content (AvgIpc) is 2.84. The average molecular weight is 634 g/mol. The molecule has 0 saturated heterocycles. The number of amides is 1. The molecule has 3 atom stereocenters. The Morgan fingerprint density at radius 2 is 1.65 bits per heavy atom. The molecule has 1 heterocycles. The molecule has 246 valence electrons. The first-order valence-electron chi connectivity index (χ1n) is 13.7. The van der Waals surface area contributed by atoms with E-state index in [2.05, 4.69) is 5.32 Å². The summed E-state index contributed by atoms with van der Waals surface area (Å²) in [6.07, 6.45) is -11.7. The summed E-state index contributed by atoms with van der Waals surface area (Å²) in [7, 11) is 3.23. The monoisotopic (exact) mass is 633 g/mol. The van der Waals surface area contributed by atoms with Crippen molar-refractivity contribution in [2.75, 3.05) is 27.2 Å². The van der Waals surface area contributed by atoms with Gasteiger partial charge in [0, 0.05) is 18.8 Å². The van der Waals surface area contributed by atoms with Gasteiger partial charge in [-0.3, -0.25) is 14.4 Å². The number of halogens is 8. The van der Waals surface area contributed by atoms with Crippen LogP contribution in [0.5, 0.6) is 0 Å². The Morgan fingerprint density at radius 1 is 1.07 bits per heavy atom. The fraction of sp³-hybridized carbons (Fsp3) is 0.679. The van der Waals surface area contributed by atoms with Crippen LogP contribution in [0.25, 0.3) is 0 Å². The zero-order valence-corrected chi connectivity index (χ0v) is 25.2. The molecular weight excluding hydrogens is 594 g/mol. The summed E-state index contributed by atoms with van der Waals surface area (Å²) in [5.74, 6) is -5.00. The Labute approximate surface area is 245 Å². The van der Waals surface area contributed by atoms with E-state index in [1.165, 1.54) is 6.92 Å². The Kier molecular flexibility index (Phi) is 13.4. The Balaban J connectivity index is 3.78. The maximum absolute atomic E-state index is 16.0. The first kappa shape index (κ1) is 38.1. The third kappa shape index (κ3) is 10.6. The summed E-state index contributed by atoms with van der Waals surface area (Å²) in [5.41, 5.74) is -8.16. The van der Waals surface area contributed by atoms with E-state index in [4.69, 9.17) is 4.74 Å². The number of aromatic nitrogens is 1. The molecule has 0 saturated carbocycles. The van der Waals surface area contributed by atoms with Gasteiger partial charge in [-0.05, 0) is 58.7 Å². The number of carbonyl (C=O) groups excluding carboxylic acids is 2. The normalized spacial score (nSPS) is 16.0. The maximum atomic E-state index is 16.0. The zero-order chi connectivity index (χ0) is 33.5. The number of esters is 1. The minimum Gasteiger partial charge on any atom is -0.466 e. The highest BCUT2D eigenvalue weighted by Crippen LogP contribution is 2.39. The molecule has 0 aliphatic heterocycles. The lowest BCUT2D eigenvalue weighted by Crippen LogP contribution is -2.53. The summed E-state index contributed by atoms with van der Waals surface area (Å²) >= 11 is 0. The fourth-order valence-electron chi connectivity index (χ4n) is 4.40. The minimum absolute atomic E-state index is 0.148. The number of likely N-dealkylation sites (N-methyl/N-ethyl adjacent to an activating group) is 1. The molecule has 0 aliphatic rings. The van der Waals surface area contributed by atoms with Crippen molar-refractivity contribution in [1.82, 2.24) is 14.8 Å². The van der Waals surface area contributed by atoms with E-state index in [9.17, 15) is 40.7 Å². The van der Waals surface area contributed by atoms with Crippen LogP contribution in [-0.4, -0.2) is 66.5 Å². The van der Waals surface area contributed by atoms with Crippen LogP contribution in [0, 0.1) is 5.92 Å². The van der Waals surface area contributed by atoms with E-state index >= 15 is 8.78 Å². The minimum atomic E-state index is -5.26. The molecule has 0 fully saturated rings. The molecule has 0 bridgehead atoms. The molecule has 0 spiro atoms. The molecule has 0 aliphatic carbocycles. The second kappa shape index (κ2) is 15.2. The largest absolute Gasteiger partial charge is 0.466 e. The van der Waals surface area contributed by atoms with Crippen molar-refractivity contribution < 1.29 is 49.4 Å². The zero-order valence-electron chi connectivity index (χ0n) is 25.2. The number of rotatable bonds is 14. The number of nitrogens with zero attached hydrogens (tertiary/aromatic N) is 2. The van der Waals surface area contributed by atoms with Gasteiger partial charge < -0.3 is 19.5 Å². The van der Waals surface area contributed by atoms with Crippen molar-refractivity contribution >= 4 is 11.9 Å².